The van der Waals surface area contributed by atoms with Gasteiger partial charge in [-0.25, -0.2) is 0 Å². The molecule has 0 saturated heterocycles. The first-order valence-electron chi connectivity index (χ1n) is 6.45. The average Bonchev–Trinajstić information content (AvgIpc) is 2.25. The first-order valence-corrected chi connectivity index (χ1v) is 10.2. The van der Waals surface area contributed by atoms with Crippen molar-refractivity contribution in [2.45, 2.75) is 38.2 Å². The number of benzene rings is 1. The monoisotopic (exact) mass is 260 g/mol. The summed E-state index contributed by atoms with van der Waals surface area (Å²) in [7, 11) is -1.11. The second kappa shape index (κ2) is 6.71. The van der Waals surface area contributed by atoms with Gasteiger partial charge in [-0.05, 0) is 18.0 Å². The molecule has 1 rings (SSSR count). The van der Waals surface area contributed by atoms with E-state index in [2.05, 4.69) is 26.2 Å². The number of aliphatic hydroxyl groups is 1. The largest absolute Gasteiger partial charge is 0.389 e. The van der Waals surface area contributed by atoms with Crippen LogP contribution in [0.3, 0.4) is 0 Å². The second-order valence-corrected chi connectivity index (χ2v) is 11.5. The van der Waals surface area contributed by atoms with Gasteiger partial charge in [0.2, 0.25) is 0 Å². The minimum Gasteiger partial charge on any atom is -0.389 e. The number of hydrogen-bond acceptors (Lipinski definition) is 1. The third-order valence-electron chi connectivity index (χ3n) is 2.59. The summed E-state index contributed by atoms with van der Waals surface area (Å²) >= 11 is 0. The van der Waals surface area contributed by atoms with E-state index in [0.29, 0.717) is 6.42 Å². The molecule has 1 aromatic rings. The SMILES string of the molecule is C=C(C[C@@H](O)/C=C/c1ccccc1)C[Si](C)(C)C. The molecule has 0 aliphatic carbocycles. The maximum atomic E-state index is 9.95. The molecule has 0 amide bonds. The number of aliphatic hydroxyl groups excluding tert-OH is 1. The van der Waals surface area contributed by atoms with Crippen LogP contribution in [-0.4, -0.2) is 19.3 Å². The lowest BCUT2D eigenvalue weighted by Crippen LogP contribution is -2.20. The van der Waals surface area contributed by atoms with Gasteiger partial charge < -0.3 is 5.11 Å². The van der Waals surface area contributed by atoms with Crippen molar-refractivity contribution < 1.29 is 5.11 Å². The molecule has 0 heterocycles. The normalized spacial score (nSPS) is 13.8. The Hall–Kier alpha value is -1.12. The van der Waals surface area contributed by atoms with Crippen molar-refractivity contribution in [1.29, 1.82) is 0 Å². The summed E-state index contributed by atoms with van der Waals surface area (Å²) in [6, 6.07) is 11.1. The lowest BCUT2D eigenvalue weighted by molar-refractivity contribution is 0.224. The van der Waals surface area contributed by atoms with Crippen LogP contribution in [0.25, 0.3) is 6.08 Å². The Morgan fingerprint density at radius 2 is 1.89 bits per heavy atom. The summed E-state index contributed by atoms with van der Waals surface area (Å²) in [5.74, 6) is 0. The average molecular weight is 260 g/mol. The van der Waals surface area contributed by atoms with Crippen molar-refractivity contribution in [3.8, 4) is 0 Å². The minimum atomic E-state index is -1.11. The lowest BCUT2D eigenvalue weighted by atomic mass is 10.1. The molecular weight excluding hydrogens is 236 g/mol. The molecule has 2 heteroatoms. The van der Waals surface area contributed by atoms with Crippen LogP contribution in [-0.2, 0) is 0 Å². The highest BCUT2D eigenvalue weighted by Gasteiger charge is 2.15. The molecule has 0 aliphatic rings. The molecular formula is C16H24OSi. The predicted octanol–water partition coefficient (Wildman–Crippen LogP) is 4.35. The highest BCUT2D eigenvalue weighted by Crippen LogP contribution is 2.19. The molecule has 0 radical (unpaired) electrons. The van der Waals surface area contributed by atoms with Crippen LogP contribution < -0.4 is 0 Å². The summed E-state index contributed by atoms with van der Waals surface area (Å²) in [6.07, 6.45) is 4.07. The van der Waals surface area contributed by atoms with Crippen LogP contribution >= 0.6 is 0 Å². The quantitative estimate of drug-likeness (QED) is 0.595. The molecule has 0 aromatic heterocycles. The first kappa shape index (κ1) is 14.9. The van der Waals surface area contributed by atoms with Gasteiger partial charge in [-0.2, -0.15) is 0 Å². The third-order valence-corrected chi connectivity index (χ3v) is 4.15. The van der Waals surface area contributed by atoms with Gasteiger partial charge in [-0.1, -0.05) is 67.7 Å². The summed E-state index contributed by atoms with van der Waals surface area (Å²) in [5, 5.41) is 9.95. The fourth-order valence-electron chi connectivity index (χ4n) is 1.97. The van der Waals surface area contributed by atoms with E-state index in [4.69, 9.17) is 0 Å². The van der Waals surface area contributed by atoms with Crippen molar-refractivity contribution in [2.75, 3.05) is 0 Å². The molecule has 98 valence electrons. The van der Waals surface area contributed by atoms with E-state index in [-0.39, 0.29) is 0 Å². The zero-order valence-electron chi connectivity index (χ0n) is 11.7. The Bertz CT molecular complexity index is 401. The van der Waals surface area contributed by atoms with E-state index < -0.39 is 14.2 Å². The van der Waals surface area contributed by atoms with Crippen molar-refractivity contribution in [3.05, 3.63) is 54.1 Å². The molecule has 1 aromatic carbocycles. The lowest BCUT2D eigenvalue weighted by Gasteiger charge is -2.18. The van der Waals surface area contributed by atoms with Gasteiger partial charge in [0.25, 0.3) is 0 Å². The van der Waals surface area contributed by atoms with Gasteiger partial charge in [0.05, 0.1) is 6.10 Å². The molecule has 0 saturated carbocycles. The van der Waals surface area contributed by atoms with E-state index in [1.54, 1.807) is 0 Å². The van der Waals surface area contributed by atoms with Crippen molar-refractivity contribution in [2.24, 2.45) is 0 Å². The molecule has 1 nitrogen and oxygen atoms in total. The Morgan fingerprint density at radius 3 is 2.44 bits per heavy atom. The molecule has 0 spiro atoms. The Balaban J connectivity index is 2.45. The molecule has 1 atom stereocenters. The van der Waals surface area contributed by atoms with E-state index in [1.165, 1.54) is 5.57 Å². The van der Waals surface area contributed by atoms with E-state index in [1.807, 2.05) is 42.5 Å². The maximum absolute atomic E-state index is 9.95. The fraction of sp³-hybridized carbons (Fsp3) is 0.375. The Kier molecular flexibility index (Phi) is 5.57. The third kappa shape index (κ3) is 6.57. The van der Waals surface area contributed by atoms with Crippen LogP contribution in [0.15, 0.2) is 48.6 Å². The van der Waals surface area contributed by atoms with E-state index >= 15 is 0 Å². The van der Waals surface area contributed by atoms with Crippen LogP contribution in [0.2, 0.25) is 25.7 Å². The zero-order chi connectivity index (χ0) is 13.6. The van der Waals surface area contributed by atoms with E-state index in [9.17, 15) is 5.11 Å². The van der Waals surface area contributed by atoms with Gasteiger partial charge in [0.15, 0.2) is 0 Å². The highest BCUT2D eigenvalue weighted by molar-refractivity contribution is 6.76. The van der Waals surface area contributed by atoms with Gasteiger partial charge in [0, 0.05) is 8.07 Å². The van der Waals surface area contributed by atoms with Crippen molar-refractivity contribution in [1.82, 2.24) is 0 Å². The predicted molar refractivity (Wildman–Crippen MR) is 83.4 cm³/mol. The summed E-state index contributed by atoms with van der Waals surface area (Å²) in [6.45, 7) is 11.0. The summed E-state index contributed by atoms with van der Waals surface area (Å²) in [4.78, 5) is 0. The first-order chi connectivity index (χ1) is 8.37. The standard InChI is InChI=1S/C16H24OSi/c1-14(13-18(2,3)4)12-16(17)11-10-15-8-6-5-7-9-15/h5-11,16-17H,1,12-13H2,2-4H3/b11-10+/t16-/m0/s1. The summed E-state index contributed by atoms with van der Waals surface area (Å²) in [5.41, 5.74) is 2.28. The van der Waals surface area contributed by atoms with Gasteiger partial charge in [-0.3, -0.25) is 0 Å². The number of hydrogen-bond donors (Lipinski definition) is 1. The smallest absolute Gasteiger partial charge is 0.0761 e. The fourth-order valence-corrected chi connectivity index (χ4v) is 3.62. The minimum absolute atomic E-state index is 0.422. The molecule has 0 bridgehead atoms. The van der Waals surface area contributed by atoms with Gasteiger partial charge in [0.1, 0.15) is 0 Å². The topological polar surface area (TPSA) is 20.2 Å². The van der Waals surface area contributed by atoms with Gasteiger partial charge >= 0.3 is 0 Å². The zero-order valence-corrected chi connectivity index (χ0v) is 12.7. The summed E-state index contributed by atoms with van der Waals surface area (Å²) < 4.78 is 0. The second-order valence-electron chi connectivity index (χ2n) is 6.03. The van der Waals surface area contributed by atoms with Crippen LogP contribution in [0.1, 0.15) is 12.0 Å². The highest BCUT2D eigenvalue weighted by atomic mass is 28.3. The molecule has 1 N–H and O–H groups in total. The Morgan fingerprint density at radius 1 is 1.28 bits per heavy atom. The number of rotatable bonds is 6. The van der Waals surface area contributed by atoms with Crippen LogP contribution in [0.4, 0.5) is 0 Å². The molecule has 18 heavy (non-hydrogen) atoms. The Labute approximate surface area is 112 Å². The van der Waals surface area contributed by atoms with Crippen LogP contribution in [0, 0.1) is 0 Å². The molecule has 0 fully saturated rings. The van der Waals surface area contributed by atoms with Gasteiger partial charge in [-0.15, -0.1) is 6.58 Å². The molecule has 0 aliphatic heterocycles. The molecule has 0 unspecified atom stereocenters. The van der Waals surface area contributed by atoms with E-state index in [0.717, 1.165) is 11.6 Å². The van der Waals surface area contributed by atoms with Crippen LogP contribution in [0.5, 0.6) is 0 Å². The maximum Gasteiger partial charge on any atom is 0.0761 e. The van der Waals surface area contributed by atoms with Crippen molar-refractivity contribution in [3.63, 3.8) is 0 Å². The van der Waals surface area contributed by atoms with Crippen molar-refractivity contribution >= 4 is 14.1 Å².